The second-order valence-corrected chi connectivity index (χ2v) is 12.6. The largest absolute Gasteiger partial charge is 0.494 e. The Hall–Kier alpha value is -3.92. The van der Waals surface area contributed by atoms with E-state index in [1.54, 1.807) is 0 Å². The van der Waals surface area contributed by atoms with Crippen LogP contribution in [0.4, 0.5) is 0 Å². The van der Waals surface area contributed by atoms with Gasteiger partial charge in [0.1, 0.15) is 0 Å². The molecular formula is C38H35BO2. The van der Waals surface area contributed by atoms with Gasteiger partial charge in [0, 0.05) is 0 Å². The molecule has 0 amide bonds. The molecule has 0 spiro atoms. The molecule has 6 aromatic carbocycles. The lowest BCUT2D eigenvalue weighted by Crippen LogP contribution is -2.41. The summed E-state index contributed by atoms with van der Waals surface area (Å²) in [6, 6.07) is 38.1. The number of benzene rings is 6. The Balaban J connectivity index is 1.54. The van der Waals surface area contributed by atoms with Crippen molar-refractivity contribution in [2.24, 2.45) is 0 Å². The van der Waals surface area contributed by atoms with Crippen LogP contribution in [0, 0.1) is 13.8 Å². The number of hydrogen-bond acceptors (Lipinski definition) is 2. The van der Waals surface area contributed by atoms with Crippen molar-refractivity contribution in [3.8, 4) is 22.3 Å². The fourth-order valence-electron chi connectivity index (χ4n) is 6.09. The summed E-state index contributed by atoms with van der Waals surface area (Å²) < 4.78 is 12.9. The highest BCUT2D eigenvalue weighted by molar-refractivity contribution is 6.62. The fourth-order valence-corrected chi connectivity index (χ4v) is 6.09. The standard InChI is InChI=1S/C38H35BO2/c1-24-11-15-26(16-12-24)32-22-36-31-20-19-28(39-40-37(3,4)38(5,6)41-39)21-34(31)33(27-17-13-25(2)14-18-27)23-35(36)30-10-8-7-9-29(30)32/h7-23H,1-6H3. The minimum absolute atomic E-state index is 0.391. The number of fused-ring (bicyclic) bond motifs is 5. The van der Waals surface area contributed by atoms with Crippen molar-refractivity contribution in [2.75, 3.05) is 0 Å². The average molecular weight is 535 g/mol. The van der Waals surface area contributed by atoms with Crippen LogP contribution in [0.25, 0.3) is 54.6 Å². The minimum Gasteiger partial charge on any atom is -0.399 e. The third-order valence-electron chi connectivity index (χ3n) is 9.25. The molecule has 7 rings (SSSR count). The topological polar surface area (TPSA) is 18.5 Å². The molecule has 1 saturated heterocycles. The maximum atomic E-state index is 6.47. The van der Waals surface area contributed by atoms with Gasteiger partial charge in [-0.05, 0) is 114 Å². The number of rotatable bonds is 3. The lowest BCUT2D eigenvalue weighted by atomic mass is 9.77. The van der Waals surface area contributed by atoms with Crippen molar-refractivity contribution in [1.29, 1.82) is 0 Å². The molecule has 0 bridgehead atoms. The molecule has 0 N–H and O–H groups in total. The monoisotopic (exact) mass is 534 g/mol. The van der Waals surface area contributed by atoms with E-state index in [1.807, 2.05) is 0 Å². The van der Waals surface area contributed by atoms with E-state index in [2.05, 4.69) is 145 Å². The molecule has 0 atom stereocenters. The van der Waals surface area contributed by atoms with E-state index in [1.165, 1.54) is 65.7 Å². The van der Waals surface area contributed by atoms with Gasteiger partial charge in [-0.15, -0.1) is 0 Å². The summed E-state index contributed by atoms with van der Waals surface area (Å²) in [6.07, 6.45) is 0. The highest BCUT2D eigenvalue weighted by atomic mass is 16.7. The summed E-state index contributed by atoms with van der Waals surface area (Å²) >= 11 is 0. The molecule has 1 heterocycles. The van der Waals surface area contributed by atoms with Crippen LogP contribution < -0.4 is 5.46 Å². The Kier molecular flexibility index (Phi) is 5.90. The normalized spacial score (nSPS) is 16.2. The number of aryl methyl sites for hydroxylation is 2. The summed E-state index contributed by atoms with van der Waals surface area (Å²) in [7, 11) is -0.411. The molecule has 6 aromatic rings. The molecule has 1 aliphatic rings. The predicted molar refractivity (Wildman–Crippen MR) is 175 cm³/mol. The van der Waals surface area contributed by atoms with E-state index in [4.69, 9.17) is 9.31 Å². The van der Waals surface area contributed by atoms with Crippen LogP contribution in [-0.4, -0.2) is 18.3 Å². The zero-order chi connectivity index (χ0) is 28.5. The molecule has 0 saturated carbocycles. The van der Waals surface area contributed by atoms with Crippen molar-refractivity contribution in [1.82, 2.24) is 0 Å². The van der Waals surface area contributed by atoms with Gasteiger partial charge in [0.2, 0.25) is 0 Å². The van der Waals surface area contributed by atoms with Gasteiger partial charge >= 0.3 is 7.12 Å². The second-order valence-electron chi connectivity index (χ2n) is 12.6. The first kappa shape index (κ1) is 26.0. The first-order valence-corrected chi connectivity index (χ1v) is 14.5. The molecule has 41 heavy (non-hydrogen) atoms. The van der Waals surface area contributed by atoms with Gasteiger partial charge in [-0.1, -0.05) is 102 Å². The molecule has 202 valence electrons. The maximum Gasteiger partial charge on any atom is 0.494 e. The first-order chi connectivity index (χ1) is 19.6. The van der Waals surface area contributed by atoms with Crippen molar-refractivity contribution in [3.05, 3.63) is 114 Å². The zero-order valence-electron chi connectivity index (χ0n) is 24.7. The van der Waals surface area contributed by atoms with Gasteiger partial charge in [-0.25, -0.2) is 0 Å². The van der Waals surface area contributed by atoms with Gasteiger partial charge in [0.15, 0.2) is 0 Å². The molecule has 0 aromatic heterocycles. The fraction of sp³-hybridized carbons (Fsp3) is 0.211. The highest BCUT2D eigenvalue weighted by Crippen LogP contribution is 2.42. The van der Waals surface area contributed by atoms with Gasteiger partial charge in [-0.3, -0.25) is 0 Å². The Morgan fingerprint density at radius 1 is 0.463 bits per heavy atom. The van der Waals surface area contributed by atoms with Crippen molar-refractivity contribution in [2.45, 2.75) is 52.7 Å². The summed E-state index contributed by atoms with van der Waals surface area (Å²) in [6.45, 7) is 12.7. The van der Waals surface area contributed by atoms with Crippen LogP contribution in [0.3, 0.4) is 0 Å². The lowest BCUT2D eigenvalue weighted by Gasteiger charge is -2.32. The van der Waals surface area contributed by atoms with Crippen molar-refractivity contribution >= 4 is 44.9 Å². The molecular weight excluding hydrogens is 499 g/mol. The molecule has 3 heteroatoms. The summed E-state index contributed by atoms with van der Waals surface area (Å²) in [5, 5.41) is 7.50. The van der Waals surface area contributed by atoms with Crippen LogP contribution in [0.1, 0.15) is 38.8 Å². The predicted octanol–water partition coefficient (Wildman–Crippen LogP) is 9.40. The Morgan fingerprint density at radius 2 is 0.927 bits per heavy atom. The first-order valence-electron chi connectivity index (χ1n) is 14.5. The maximum absolute atomic E-state index is 6.47. The Labute approximate surface area is 243 Å². The van der Waals surface area contributed by atoms with E-state index in [-0.39, 0.29) is 0 Å². The summed E-state index contributed by atoms with van der Waals surface area (Å²) in [5.74, 6) is 0. The van der Waals surface area contributed by atoms with Crippen LogP contribution in [-0.2, 0) is 9.31 Å². The quantitative estimate of drug-likeness (QED) is 0.166. The van der Waals surface area contributed by atoms with Crippen LogP contribution in [0.5, 0.6) is 0 Å². The van der Waals surface area contributed by atoms with E-state index >= 15 is 0 Å². The van der Waals surface area contributed by atoms with Gasteiger partial charge in [-0.2, -0.15) is 0 Å². The van der Waals surface area contributed by atoms with Gasteiger partial charge in [0.05, 0.1) is 11.2 Å². The van der Waals surface area contributed by atoms with Gasteiger partial charge in [0.25, 0.3) is 0 Å². The summed E-state index contributed by atoms with van der Waals surface area (Å²) in [5.41, 5.74) is 7.70. The lowest BCUT2D eigenvalue weighted by molar-refractivity contribution is 0.00578. The second kappa shape index (κ2) is 9.31. The molecule has 2 nitrogen and oxygen atoms in total. The smallest absolute Gasteiger partial charge is 0.399 e. The minimum atomic E-state index is -0.411. The van der Waals surface area contributed by atoms with E-state index < -0.39 is 18.3 Å². The number of hydrogen-bond donors (Lipinski definition) is 0. The van der Waals surface area contributed by atoms with Crippen LogP contribution >= 0.6 is 0 Å². The van der Waals surface area contributed by atoms with Crippen LogP contribution in [0.2, 0.25) is 0 Å². The highest BCUT2D eigenvalue weighted by Gasteiger charge is 2.51. The Bertz CT molecular complexity index is 1930. The molecule has 0 radical (unpaired) electrons. The third-order valence-corrected chi connectivity index (χ3v) is 9.25. The molecule has 1 fully saturated rings. The van der Waals surface area contributed by atoms with E-state index in [0.29, 0.717) is 0 Å². The molecule has 0 unspecified atom stereocenters. The SMILES string of the molecule is Cc1ccc(-c2cc3c4ccc(B5OC(C)(C)C(C)(C)O5)cc4c(-c4ccc(C)cc4)cc3c3ccccc23)cc1. The van der Waals surface area contributed by atoms with Crippen molar-refractivity contribution < 1.29 is 9.31 Å². The van der Waals surface area contributed by atoms with Crippen LogP contribution in [0.15, 0.2) is 103 Å². The van der Waals surface area contributed by atoms with E-state index in [9.17, 15) is 0 Å². The van der Waals surface area contributed by atoms with Gasteiger partial charge < -0.3 is 9.31 Å². The zero-order valence-corrected chi connectivity index (χ0v) is 24.7. The molecule has 0 aliphatic carbocycles. The third kappa shape index (κ3) is 4.27. The summed E-state index contributed by atoms with van der Waals surface area (Å²) in [4.78, 5) is 0. The average Bonchev–Trinajstić information content (AvgIpc) is 3.19. The molecule has 1 aliphatic heterocycles. The van der Waals surface area contributed by atoms with E-state index in [0.717, 1.165) is 5.46 Å². The Morgan fingerprint density at radius 3 is 1.46 bits per heavy atom. The van der Waals surface area contributed by atoms with Crippen molar-refractivity contribution in [3.63, 3.8) is 0 Å².